The maximum Gasteiger partial charge on any atom is 0.0787 e. The van der Waals surface area contributed by atoms with E-state index in [1.807, 2.05) is 23.1 Å². The Kier molecular flexibility index (Phi) is 4.75. The Balaban J connectivity index is 1.91. The molecule has 1 fully saturated rings. The number of hydrogen-bond donors (Lipinski definition) is 2. The van der Waals surface area contributed by atoms with Crippen LogP contribution < -0.4 is 5.32 Å². The predicted octanol–water partition coefficient (Wildman–Crippen LogP) is 3.27. The van der Waals surface area contributed by atoms with Gasteiger partial charge in [0.05, 0.1) is 5.60 Å². The maximum absolute atomic E-state index is 10.5. The number of hydrogen-bond acceptors (Lipinski definition) is 4. The van der Waals surface area contributed by atoms with Crippen LogP contribution in [0, 0.1) is 13.8 Å². The highest BCUT2D eigenvalue weighted by Crippen LogP contribution is 2.29. The maximum atomic E-state index is 10.5. The average Bonchev–Trinajstić information content (AvgIpc) is 2.67. The van der Waals surface area contributed by atoms with Crippen molar-refractivity contribution in [2.75, 3.05) is 18.1 Å². The topological polar surface area (TPSA) is 32.3 Å². The summed E-state index contributed by atoms with van der Waals surface area (Å²) in [6.07, 6.45) is 1.83. The van der Waals surface area contributed by atoms with Crippen molar-refractivity contribution in [1.29, 1.82) is 0 Å². The van der Waals surface area contributed by atoms with Crippen molar-refractivity contribution < 1.29 is 5.11 Å². The Morgan fingerprint density at radius 1 is 1.39 bits per heavy atom. The minimum absolute atomic E-state index is 0.327. The summed E-state index contributed by atoms with van der Waals surface area (Å²) in [4.78, 5) is 2.75. The van der Waals surface area contributed by atoms with Crippen molar-refractivity contribution >= 4 is 23.1 Å². The van der Waals surface area contributed by atoms with Gasteiger partial charge in [-0.2, -0.15) is 11.8 Å². The van der Waals surface area contributed by atoms with Crippen molar-refractivity contribution in [2.24, 2.45) is 0 Å². The number of thioether (sulfide) groups is 1. The van der Waals surface area contributed by atoms with E-state index in [0.717, 1.165) is 24.3 Å². The third-order valence-electron chi connectivity index (χ3n) is 3.71. The van der Waals surface area contributed by atoms with Gasteiger partial charge in [-0.05, 0) is 56.7 Å². The SMILES string of the molecule is Cc1cc(C(C)NCC2(O)CCSCC2)c(C)s1. The average molecular weight is 285 g/mol. The van der Waals surface area contributed by atoms with Crippen molar-refractivity contribution in [2.45, 2.75) is 45.3 Å². The fraction of sp³-hybridized carbons (Fsp3) is 0.714. The lowest BCUT2D eigenvalue weighted by Crippen LogP contribution is -2.44. The second-order valence-corrected chi connectivity index (χ2v) is 7.99. The Labute approximate surface area is 118 Å². The molecule has 2 nitrogen and oxygen atoms in total. The van der Waals surface area contributed by atoms with Gasteiger partial charge >= 0.3 is 0 Å². The first-order chi connectivity index (χ1) is 8.50. The Hall–Kier alpha value is -0.0300. The molecule has 0 amide bonds. The number of thiophene rings is 1. The summed E-state index contributed by atoms with van der Waals surface area (Å²) in [5, 5.41) is 14.0. The number of aryl methyl sites for hydroxylation is 2. The first-order valence-corrected chi connectivity index (χ1v) is 8.58. The Morgan fingerprint density at radius 3 is 2.61 bits per heavy atom. The Bertz CT molecular complexity index is 396. The van der Waals surface area contributed by atoms with Crippen LogP contribution in [0.25, 0.3) is 0 Å². The highest BCUT2D eigenvalue weighted by Gasteiger charge is 2.29. The van der Waals surface area contributed by atoms with E-state index in [2.05, 4.69) is 32.2 Å². The molecule has 2 heterocycles. The summed E-state index contributed by atoms with van der Waals surface area (Å²) < 4.78 is 0. The van der Waals surface area contributed by atoms with E-state index >= 15 is 0 Å². The van der Waals surface area contributed by atoms with Gasteiger partial charge in [0.2, 0.25) is 0 Å². The monoisotopic (exact) mass is 285 g/mol. The molecule has 0 saturated carbocycles. The van der Waals surface area contributed by atoms with E-state index in [-0.39, 0.29) is 0 Å². The smallest absolute Gasteiger partial charge is 0.0787 e. The lowest BCUT2D eigenvalue weighted by molar-refractivity contribution is 0.0300. The summed E-state index contributed by atoms with van der Waals surface area (Å²) in [5.74, 6) is 2.17. The highest BCUT2D eigenvalue weighted by atomic mass is 32.2. The summed E-state index contributed by atoms with van der Waals surface area (Å²) in [6, 6.07) is 2.59. The molecule has 1 aromatic heterocycles. The number of nitrogens with one attached hydrogen (secondary N) is 1. The van der Waals surface area contributed by atoms with Crippen LogP contribution in [0.2, 0.25) is 0 Å². The van der Waals surface area contributed by atoms with Crippen LogP contribution in [-0.4, -0.2) is 28.8 Å². The van der Waals surface area contributed by atoms with E-state index in [4.69, 9.17) is 0 Å². The standard InChI is InChI=1S/C14H23NOS2/c1-10-8-13(12(3)18-10)11(2)15-9-14(16)4-6-17-7-5-14/h8,11,15-16H,4-7,9H2,1-3H3. The molecular formula is C14H23NOS2. The number of rotatable bonds is 4. The molecule has 2 rings (SSSR count). The predicted molar refractivity (Wildman–Crippen MR) is 81.7 cm³/mol. The van der Waals surface area contributed by atoms with Crippen LogP contribution in [-0.2, 0) is 0 Å². The molecule has 1 aliphatic heterocycles. The molecule has 4 heteroatoms. The van der Waals surface area contributed by atoms with Crippen molar-refractivity contribution in [3.63, 3.8) is 0 Å². The molecule has 2 N–H and O–H groups in total. The fourth-order valence-electron chi connectivity index (χ4n) is 2.46. The molecule has 102 valence electrons. The van der Waals surface area contributed by atoms with Gasteiger partial charge < -0.3 is 10.4 Å². The van der Waals surface area contributed by atoms with Gasteiger partial charge in [0.25, 0.3) is 0 Å². The molecule has 1 saturated heterocycles. The lowest BCUT2D eigenvalue weighted by atomic mass is 9.96. The summed E-state index contributed by atoms with van der Waals surface area (Å²) in [5.41, 5.74) is 0.893. The number of aliphatic hydroxyl groups is 1. The molecule has 0 radical (unpaired) electrons. The van der Waals surface area contributed by atoms with Crippen LogP contribution in [0.4, 0.5) is 0 Å². The largest absolute Gasteiger partial charge is 0.389 e. The zero-order valence-corrected chi connectivity index (χ0v) is 13.1. The van der Waals surface area contributed by atoms with Gasteiger partial charge in [0.15, 0.2) is 0 Å². The summed E-state index contributed by atoms with van der Waals surface area (Å²) in [6.45, 7) is 7.23. The van der Waals surface area contributed by atoms with Gasteiger partial charge in [0, 0.05) is 22.3 Å². The van der Waals surface area contributed by atoms with Gasteiger partial charge in [-0.1, -0.05) is 0 Å². The molecule has 0 spiro atoms. The van der Waals surface area contributed by atoms with E-state index in [1.165, 1.54) is 15.3 Å². The second-order valence-electron chi connectivity index (χ2n) is 5.31. The zero-order chi connectivity index (χ0) is 13.2. The highest BCUT2D eigenvalue weighted by molar-refractivity contribution is 7.99. The summed E-state index contributed by atoms with van der Waals surface area (Å²) in [7, 11) is 0. The molecule has 1 atom stereocenters. The van der Waals surface area contributed by atoms with Gasteiger partial charge in [0.1, 0.15) is 0 Å². The lowest BCUT2D eigenvalue weighted by Gasteiger charge is -2.33. The molecule has 1 aliphatic rings. The Morgan fingerprint density at radius 2 is 2.06 bits per heavy atom. The van der Waals surface area contributed by atoms with Crippen LogP contribution in [0.15, 0.2) is 6.07 Å². The first kappa shape index (κ1) is 14.4. The summed E-state index contributed by atoms with van der Waals surface area (Å²) >= 11 is 3.80. The molecule has 1 aromatic rings. The van der Waals surface area contributed by atoms with Crippen LogP contribution >= 0.6 is 23.1 Å². The van der Waals surface area contributed by atoms with Crippen LogP contribution in [0.1, 0.15) is 41.1 Å². The van der Waals surface area contributed by atoms with Crippen molar-refractivity contribution in [1.82, 2.24) is 5.32 Å². The molecule has 0 bridgehead atoms. The van der Waals surface area contributed by atoms with Gasteiger partial charge in [-0.15, -0.1) is 11.3 Å². The fourth-order valence-corrected chi connectivity index (χ4v) is 4.74. The molecule has 0 aliphatic carbocycles. The van der Waals surface area contributed by atoms with Crippen molar-refractivity contribution in [3.05, 3.63) is 21.4 Å². The molecule has 18 heavy (non-hydrogen) atoms. The third kappa shape index (κ3) is 3.50. The zero-order valence-electron chi connectivity index (χ0n) is 11.5. The molecular weight excluding hydrogens is 262 g/mol. The van der Waals surface area contributed by atoms with E-state index in [0.29, 0.717) is 12.6 Å². The minimum Gasteiger partial charge on any atom is -0.389 e. The van der Waals surface area contributed by atoms with Gasteiger partial charge in [-0.25, -0.2) is 0 Å². The van der Waals surface area contributed by atoms with Crippen LogP contribution in [0.3, 0.4) is 0 Å². The quantitative estimate of drug-likeness (QED) is 0.890. The minimum atomic E-state index is -0.488. The normalized spacial score (nSPS) is 20.9. The van der Waals surface area contributed by atoms with E-state index in [1.54, 1.807) is 0 Å². The van der Waals surface area contributed by atoms with Crippen molar-refractivity contribution in [3.8, 4) is 0 Å². The third-order valence-corrected chi connectivity index (χ3v) is 5.67. The van der Waals surface area contributed by atoms with Crippen LogP contribution in [0.5, 0.6) is 0 Å². The van der Waals surface area contributed by atoms with Gasteiger partial charge in [-0.3, -0.25) is 0 Å². The first-order valence-electron chi connectivity index (χ1n) is 6.61. The molecule has 1 unspecified atom stereocenters. The second kappa shape index (κ2) is 5.95. The van der Waals surface area contributed by atoms with E-state index in [9.17, 15) is 5.11 Å². The van der Waals surface area contributed by atoms with E-state index < -0.39 is 5.60 Å². The molecule has 0 aromatic carbocycles.